The lowest BCUT2D eigenvalue weighted by Crippen LogP contribution is -1.96. The van der Waals surface area contributed by atoms with E-state index in [4.69, 9.17) is 0 Å². The Kier molecular flexibility index (Phi) is 3.28. The Morgan fingerprint density at radius 1 is 1.25 bits per heavy atom. The summed E-state index contributed by atoms with van der Waals surface area (Å²) < 4.78 is 0. The zero-order valence-corrected chi connectivity index (χ0v) is 12.2. The molecule has 0 bridgehead atoms. The highest BCUT2D eigenvalue weighted by atomic mass is 32.1. The quantitative estimate of drug-likeness (QED) is 0.714. The first-order valence-corrected chi connectivity index (χ1v) is 7.29. The van der Waals surface area contributed by atoms with Crippen LogP contribution in [0.25, 0.3) is 10.2 Å². The number of aromatic nitrogens is 2. The van der Waals surface area contributed by atoms with Crippen LogP contribution >= 0.6 is 11.3 Å². The fraction of sp³-hybridized carbons (Fsp3) is 0.200. The summed E-state index contributed by atoms with van der Waals surface area (Å²) >= 11 is 1.70. The number of anilines is 2. The number of phenolic OH excluding ortho intramolecular Hbond substituents is 1. The largest absolute Gasteiger partial charge is 0.508 e. The van der Waals surface area contributed by atoms with Crippen molar-refractivity contribution in [3.63, 3.8) is 0 Å². The van der Waals surface area contributed by atoms with Crippen molar-refractivity contribution < 1.29 is 5.11 Å². The molecule has 3 rings (SSSR count). The molecule has 3 aromatic rings. The van der Waals surface area contributed by atoms with E-state index in [9.17, 15) is 5.11 Å². The topological polar surface area (TPSA) is 58.0 Å². The maximum atomic E-state index is 9.46. The van der Waals surface area contributed by atoms with Gasteiger partial charge in [0.1, 0.15) is 22.7 Å². The molecule has 0 saturated heterocycles. The van der Waals surface area contributed by atoms with Crippen molar-refractivity contribution in [1.29, 1.82) is 0 Å². The second-order valence-corrected chi connectivity index (χ2v) is 5.75. The number of nitrogens with one attached hydrogen (secondary N) is 1. The first kappa shape index (κ1) is 12.9. The molecule has 0 aliphatic heterocycles. The summed E-state index contributed by atoms with van der Waals surface area (Å²) in [4.78, 5) is 10.9. The van der Waals surface area contributed by atoms with E-state index in [1.807, 2.05) is 13.0 Å². The SMILES string of the molecule is CCc1cc2c(Nc3ccc(O)cc3C)ncnc2s1. The van der Waals surface area contributed by atoms with Gasteiger partial charge in [-0.3, -0.25) is 0 Å². The minimum Gasteiger partial charge on any atom is -0.508 e. The van der Waals surface area contributed by atoms with Crippen molar-refractivity contribution >= 4 is 33.1 Å². The molecule has 2 aromatic heterocycles. The van der Waals surface area contributed by atoms with E-state index in [-0.39, 0.29) is 5.75 Å². The van der Waals surface area contributed by atoms with Crippen LogP contribution in [-0.4, -0.2) is 15.1 Å². The Hall–Kier alpha value is -2.14. The Labute approximate surface area is 121 Å². The second kappa shape index (κ2) is 5.09. The van der Waals surface area contributed by atoms with Crippen LogP contribution in [0.4, 0.5) is 11.5 Å². The molecular formula is C15H15N3OS. The summed E-state index contributed by atoms with van der Waals surface area (Å²) in [5.74, 6) is 1.07. The predicted octanol–water partition coefficient (Wildman–Crippen LogP) is 4.01. The number of hydrogen-bond donors (Lipinski definition) is 2. The molecule has 0 aliphatic carbocycles. The smallest absolute Gasteiger partial charge is 0.142 e. The first-order chi connectivity index (χ1) is 9.67. The van der Waals surface area contributed by atoms with Gasteiger partial charge in [-0.05, 0) is 43.2 Å². The summed E-state index contributed by atoms with van der Waals surface area (Å²) in [5, 5.41) is 13.8. The van der Waals surface area contributed by atoms with Gasteiger partial charge < -0.3 is 10.4 Å². The summed E-state index contributed by atoms with van der Waals surface area (Å²) in [5.41, 5.74) is 1.91. The van der Waals surface area contributed by atoms with Gasteiger partial charge in [0.15, 0.2) is 0 Å². The molecule has 2 heterocycles. The van der Waals surface area contributed by atoms with Crippen LogP contribution < -0.4 is 5.32 Å². The van der Waals surface area contributed by atoms with Crippen LogP contribution in [0.1, 0.15) is 17.4 Å². The number of rotatable bonds is 3. The maximum absolute atomic E-state index is 9.46. The molecule has 0 aliphatic rings. The van der Waals surface area contributed by atoms with Gasteiger partial charge in [0, 0.05) is 10.6 Å². The lowest BCUT2D eigenvalue weighted by Gasteiger charge is -2.09. The van der Waals surface area contributed by atoms with Crippen LogP contribution in [0.2, 0.25) is 0 Å². The van der Waals surface area contributed by atoms with Crippen molar-refractivity contribution in [2.75, 3.05) is 5.32 Å². The monoisotopic (exact) mass is 285 g/mol. The molecule has 0 atom stereocenters. The van der Waals surface area contributed by atoms with Crippen LogP contribution in [0.3, 0.4) is 0 Å². The number of thiophene rings is 1. The van der Waals surface area contributed by atoms with E-state index in [2.05, 4.69) is 28.3 Å². The van der Waals surface area contributed by atoms with Gasteiger partial charge in [0.05, 0.1) is 5.39 Å². The average molecular weight is 285 g/mol. The van der Waals surface area contributed by atoms with E-state index < -0.39 is 0 Å². The summed E-state index contributed by atoms with van der Waals surface area (Å²) in [6.07, 6.45) is 2.58. The third-order valence-electron chi connectivity index (χ3n) is 3.19. The average Bonchev–Trinajstić information content (AvgIpc) is 2.86. The first-order valence-electron chi connectivity index (χ1n) is 6.47. The van der Waals surface area contributed by atoms with Crippen LogP contribution in [-0.2, 0) is 6.42 Å². The van der Waals surface area contributed by atoms with Gasteiger partial charge in [-0.15, -0.1) is 11.3 Å². The van der Waals surface area contributed by atoms with Crippen molar-refractivity contribution in [2.24, 2.45) is 0 Å². The Bertz CT molecular complexity index is 767. The molecule has 0 amide bonds. The lowest BCUT2D eigenvalue weighted by molar-refractivity contribution is 0.475. The highest BCUT2D eigenvalue weighted by Crippen LogP contribution is 2.31. The highest BCUT2D eigenvalue weighted by Gasteiger charge is 2.09. The molecule has 4 nitrogen and oxygen atoms in total. The van der Waals surface area contributed by atoms with Crippen LogP contribution in [0.5, 0.6) is 5.75 Å². The van der Waals surface area contributed by atoms with Crippen molar-refractivity contribution in [2.45, 2.75) is 20.3 Å². The number of phenols is 1. The third kappa shape index (κ3) is 2.32. The van der Waals surface area contributed by atoms with Crippen molar-refractivity contribution in [1.82, 2.24) is 9.97 Å². The van der Waals surface area contributed by atoms with E-state index in [1.165, 1.54) is 4.88 Å². The van der Waals surface area contributed by atoms with Crippen molar-refractivity contribution in [3.05, 3.63) is 41.0 Å². The molecule has 20 heavy (non-hydrogen) atoms. The molecular weight excluding hydrogens is 270 g/mol. The number of nitrogens with zero attached hydrogens (tertiary/aromatic N) is 2. The van der Waals surface area contributed by atoms with Gasteiger partial charge in [-0.2, -0.15) is 0 Å². The summed E-state index contributed by atoms with van der Waals surface area (Å²) in [6.45, 7) is 4.08. The molecule has 0 spiro atoms. The second-order valence-electron chi connectivity index (χ2n) is 4.63. The third-order valence-corrected chi connectivity index (χ3v) is 4.38. The number of fused-ring (bicyclic) bond motifs is 1. The number of hydrogen-bond acceptors (Lipinski definition) is 5. The van der Waals surface area contributed by atoms with E-state index in [0.29, 0.717) is 0 Å². The fourth-order valence-electron chi connectivity index (χ4n) is 2.09. The molecule has 1 aromatic carbocycles. The van der Waals surface area contributed by atoms with E-state index in [0.717, 1.165) is 33.7 Å². The highest BCUT2D eigenvalue weighted by molar-refractivity contribution is 7.18. The fourth-order valence-corrected chi connectivity index (χ4v) is 3.03. The van der Waals surface area contributed by atoms with Gasteiger partial charge in [0.2, 0.25) is 0 Å². The van der Waals surface area contributed by atoms with Gasteiger partial charge in [-0.1, -0.05) is 6.92 Å². The van der Waals surface area contributed by atoms with Gasteiger partial charge >= 0.3 is 0 Å². The predicted molar refractivity (Wildman–Crippen MR) is 82.9 cm³/mol. The molecule has 0 unspecified atom stereocenters. The minimum atomic E-state index is 0.268. The molecule has 5 heteroatoms. The van der Waals surface area contributed by atoms with Gasteiger partial charge in [0.25, 0.3) is 0 Å². The van der Waals surface area contributed by atoms with Crippen LogP contribution in [0.15, 0.2) is 30.6 Å². The Morgan fingerprint density at radius 2 is 2.10 bits per heavy atom. The zero-order chi connectivity index (χ0) is 14.1. The summed E-state index contributed by atoms with van der Waals surface area (Å²) in [6, 6.07) is 7.38. The Morgan fingerprint density at radius 3 is 2.85 bits per heavy atom. The minimum absolute atomic E-state index is 0.268. The molecule has 102 valence electrons. The molecule has 0 saturated carbocycles. The molecule has 0 radical (unpaired) electrons. The number of benzene rings is 1. The number of aromatic hydroxyl groups is 1. The normalized spacial score (nSPS) is 10.9. The number of aryl methyl sites for hydroxylation is 2. The molecule has 2 N–H and O–H groups in total. The Balaban J connectivity index is 2.03. The summed E-state index contributed by atoms with van der Waals surface area (Å²) in [7, 11) is 0. The van der Waals surface area contributed by atoms with Crippen molar-refractivity contribution in [3.8, 4) is 5.75 Å². The standard InChI is InChI=1S/C15H15N3OS/c1-3-11-7-12-14(16-8-17-15(12)20-11)18-13-5-4-10(19)6-9(13)2/h4-8,19H,3H2,1-2H3,(H,16,17,18). The maximum Gasteiger partial charge on any atom is 0.142 e. The van der Waals surface area contributed by atoms with Crippen LogP contribution in [0, 0.1) is 6.92 Å². The van der Waals surface area contributed by atoms with E-state index in [1.54, 1.807) is 29.8 Å². The van der Waals surface area contributed by atoms with Gasteiger partial charge in [-0.25, -0.2) is 9.97 Å². The zero-order valence-electron chi connectivity index (χ0n) is 11.3. The molecule has 0 fully saturated rings. The van der Waals surface area contributed by atoms with E-state index >= 15 is 0 Å². The lowest BCUT2D eigenvalue weighted by atomic mass is 10.2.